The zero-order valence-corrected chi connectivity index (χ0v) is 8.94. The summed E-state index contributed by atoms with van der Waals surface area (Å²) in [6.07, 6.45) is 0. The van der Waals surface area contributed by atoms with Crippen LogP contribution < -0.4 is 0 Å². The van der Waals surface area contributed by atoms with Crippen molar-refractivity contribution in [2.24, 2.45) is 0 Å². The van der Waals surface area contributed by atoms with Gasteiger partial charge in [0.25, 0.3) is 11.6 Å². The van der Waals surface area contributed by atoms with E-state index in [1.165, 1.54) is 12.1 Å². The Morgan fingerprint density at radius 2 is 1.35 bits per heavy atom. The molecule has 0 fully saturated rings. The van der Waals surface area contributed by atoms with Gasteiger partial charge >= 0.3 is 0 Å². The standard InChI is InChI=1S/C10H14O7/c1-8(12,13)10(16,17)9(14,15)6-4-2-3-5-7(6)11/h2-5,11-17H,1H3. The van der Waals surface area contributed by atoms with E-state index in [9.17, 15) is 25.5 Å². The second-order valence-electron chi connectivity index (χ2n) is 3.88. The van der Waals surface area contributed by atoms with Crippen molar-refractivity contribution in [1.82, 2.24) is 0 Å². The lowest BCUT2D eigenvalue weighted by Gasteiger charge is -2.41. The van der Waals surface area contributed by atoms with Crippen LogP contribution in [-0.4, -0.2) is 47.3 Å². The maximum Gasteiger partial charge on any atom is 0.278 e. The van der Waals surface area contributed by atoms with Crippen molar-refractivity contribution in [3.8, 4) is 5.75 Å². The fraction of sp³-hybridized carbons (Fsp3) is 0.400. The maximum absolute atomic E-state index is 9.61. The zero-order valence-electron chi connectivity index (χ0n) is 8.94. The molecular formula is C10H14O7. The molecule has 0 aliphatic rings. The van der Waals surface area contributed by atoms with Crippen LogP contribution in [0.5, 0.6) is 5.75 Å². The lowest BCUT2D eigenvalue weighted by Crippen LogP contribution is -2.65. The Kier molecular flexibility index (Phi) is 3.19. The fourth-order valence-electron chi connectivity index (χ4n) is 1.29. The van der Waals surface area contributed by atoms with Gasteiger partial charge in [0.1, 0.15) is 5.75 Å². The number of phenols is 1. The topological polar surface area (TPSA) is 142 Å². The maximum atomic E-state index is 9.61. The van der Waals surface area contributed by atoms with Crippen molar-refractivity contribution in [3.05, 3.63) is 29.8 Å². The summed E-state index contributed by atoms with van der Waals surface area (Å²) in [4.78, 5) is 0. The Bertz CT molecular complexity index is 405. The molecule has 7 nitrogen and oxygen atoms in total. The van der Waals surface area contributed by atoms with Crippen LogP contribution in [0.15, 0.2) is 24.3 Å². The van der Waals surface area contributed by atoms with Gasteiger partial charge in [-0.1, -0.05) is 12.1 Å². The van der Waals surface area contributed by atoms with Crippen LogP contribution in [0.25, 0.3) is 0 Å². The summed E-state index contributed by atoms with van der Waals surface area (Å²) in [5.74, 6) is -11.1. The lowest BCUT2D eigenvalue weighted by atomic mass is 9.90. The van der Waals surface area contributed by atoms with Gasteiger partial charge in [0.15, 0.2) is 0 Å². The molecule has 17 heavy (non-hydrogen) atoms. The third kappa shape index (κ3) is 2.12. The number of aromatic hydroxyl groups is 1. The molecule has 0 spiro atoms. The Labute approximate surface area is 96.5 Å². The third-order valence-corrected chi connectivity index (χ3v) is 2.43. The third-order valence-electron chi connectivity index (χ3n) is 2.43. The second-order valence-corrected chi connectivity index (χ2v) is 3.88. The smallest absolute Gasteiger partial charge is 0.278 e. The van der Waals surface area contributed by atoms with Gasteiger partial charge in [-0.05, 0) is 19.1 Å². The van der Waals surface area contributed by atoms with Crippen LogP contribution in [0, 0.1) is 0 Å². The molecule has 0 aliphatic carbocycles. The molecule has 96 valence electrons. The van der Waals surface area contributed by atoms with Gasteiger partial charge in [-0.15, -0.1) is 0 Å². The molecule has 0 saturated carbocycles. The van der Waals surface area contributed by atoms with Crippen molar-refractivity contribution >= 4 is 0 Å². The Balaban J connectivity index is 3.34. The van der Waals surface area contributed by atoms with Crippen molar-refractivity contribution in [2.75, 3.05) is 0 Å². The summed E-state index contributed by atoms with van der Waals surface area (Å²) in [6.45, 7) is 0.550. The van der Waals surface area contributed by atoms with E-state index >= 15 is 0 Å². The molecule has 1 aromatic carbocycles. The molecule has 0 atom stereocenters. The van der Waals surface area contributed by atoms with Crippen molar-refractivity contribution in [1.29, 1.82) is 0 Å². The molecule has 0 heterocycles. The number of hydrogen-bond acceptors (Lipinski definition) is 7. The number of benzene rings is 1. The molecule has 0 aromatic heterocycles. The number of hydrogen-bond donors (Lipinski definition) is 7. The van der Waals surface area contributed by atoms with E-state index in [1.54, 1.807) is 0 Å². The van der Waals surface area contributed by atoms with E-state index in [2.05, 4.69) is 0 Å². The molecule has 1 rings (SSSR count). The van der Waals surface area contributed by atoms with Gasteiger partial charge in [0, 0.05) is 0 Å². The van der Waals surface area contributed by atoms with Crippen LogP contribution in [-0.2, 0) is 5.79 Å². The normalized spacial score (nSPS) is 13.8. The Morgan fingerprint density at radius 1 is 0.882 bits per heavy atom. The highest BCUT2D eigenvalue weighted by atomic mass is 16.7. The van der Waals surface area contributed by atoms with Crippen LogP contribution in [0.4, 0.5) is 0 Å². The first kappa shape index (κ1) is 13.8. The van der Waals surface area contributed by atoms with E-state index in [0.29, 0.717) is 6.92 Å². The first-order chi connectivity index (χ1) is 7.52. The minimum Gasteiger partial charge on any atom is -0.507 e. The molecule has 1 aromatic rings. The highest BCUT2D eigenvalue weighted by Crippen LogP contribution is 2.38. The molecule has 0 unspecified atom stereocenters. The SMILES string of the molecule is CC(O)(O)C(O)(O)C(O)(O)c1ccccc1O. The van der Waals surface area contributed by atoms with Gasteiger partial charge in [-0.3, -0.25) is 0 Å². The van der Waals surface area contributed by atoms with Gasteiger partial charge in [0.05, 0.1) is 5.56 Å². The van der Waals surface area contributed by atoms with E-state index in [0.717, 1.165) is 12.1 Å². The van der Waals surface area contributed by atoms with E-state index in [1.807, 2.05) is 0 Å². The molecule has 7 N–H and O–H groups in total. The quantitative estimate of drug-likeness (QED) is 0.303. The molecule has 7 heteroatoms. The van der Waals surface area contributed by atoms with Gasteiger partial charge < -0.3 is 35.7 Å². The Morgan fingerprint density at radius 3 is 1.76 bits per heavy atom. The minimum atomic E-state index is -3.71. The summed E-state index contributed by atoms with van der Waals surface area (Å²) < 4.78 is 0. The van der Waals surface area contributed by atoms with Gasteiger partial charge in [0.2, 0.25) is 5.79 Å². The minimum absolute atomic E-state index is 0.550. The van der Waals surface area contributed by atoms with Crippen LogP contribution >= 0.6 is 0 Å². The predicted octanol–water partition coefficient (Wildman–Crippen LogP) is -2.09. The first-order valence-corrected chi connectivity index (χ1v) is 4.64. The summed E-state index contributed by atoms with van der Waals surface area (Å²) in [7, 11) is 0. The van der Waals surface area contributed by atoms with Gasteiger partial charge in [-0.2, -0.15) is 0 Å². The molecule has 0 amide bonds. The summed E-state index contributed by atoms with van der Waals surface area (Å²) >= 11 is 0. The molecule has 0 saturated heterocycles. The zero-order chi connectivity index (χ0) is 13.5. The van der Waals surface area contributed by atoms with Crippen LogP contribution in [0.3, 0.4) is 0 Å². The summed E-state index contributed by atoms with van der Waals surface area (Å²) in [5, 5.41) is 65.6. The summed E-state index contributed by atoms with van der Waals surface area (Å²) in [6, 6.07) is 4.71. The van der Waals surface area contributed by atoms with Crippen molar-refractivity contribution in [2.45, 2.75) is 24.3 Å². The lowest BCUT2D eigenvalue weighted by molar-refractivity contribution is -0.454. The largest absolute Gasteiger partial charge is 0.507 e. The average molecular weight is 246 g/mol. The van der Waals surface area contributed by atoms with Crippen LogP contribution in [0.2, 0.25) is 0 Å². The van der Waals surface area contributed by atoms with E-state index in [4.69, 9.17) is 10.2 Å². The number of para-hydroxylation sites is 1. The number of phenolic OH excluding ortho intramolecular Hbond substituents is 1. The highest BCUT2D eigenvalue weighted by molar-refractivity contribution is 5.36. The fourth-order valence-corrected chi connectivity index (χ4v) is 1.29. The van der Waals surface area contributed by atoms with Crippen molar-refractivity contribution in [3.63, 3.8) is 0 Å². The highest BCUT2D eigenvalue weighted by Gasteiger charge is 2.60. The molecule has 0 radical (unpaired) electrons. The van der Waals surface area contributed by atoms with E-state index < -0.39 is 28.7 Å². The number of aliphatic hydroxyl groups is 6. The number of rotatable bonds is 3. The van der Waals surface area contributed by atoms with Crippen LogP contribution in [0.1, 0.15) is 12.5 Å². The predicted molar refractivity (Wildman–Crippen MR) is 54.2 cm³/mol. The Hall–Kier alpha value is -1.22. The molecule has 0 aliphatic heterocycles. The molecule has 0 bridgehead atoms. The monoisotopic (exact) mass is 246 g/mol. The summed E-state index contributed by atoms with van der Waals surface area (Å²) in [5.41, 5.74) is -0.681. The van der Waals surface area contributed by atoms with Gasteiger partial charge in [-0.25, -0.2) is 0 Å². The van der Waals surface area contributed by atoms with Crippen molar-refractivity contribution < 1.29 is 35.7 Å². The first-order valence-electron chi connectivity index (χ1n) is 4.64. The molecular weight excluding hydrogens is 232 g/mol. The second kappa shape index (κ2) is 3.91. The average Bonchev–Trinajstić information content (AvgIpc) is 2.16. The van der Waals surface area contributed by atoms with E-state index in [-0.39, 0.29) is 0 Å².